The largest absolute Gasteiger partial charge is 0.388 e. The second kappa shape index (κ2) is 6.05. The monoisotopic (exact) mass is 328 g/mol. The molecule has 0 atom stereocenters. The van der Waals surface area contributed by atoms with E-state index in [1.165, 1.54) is 6.42 Å². The fourth-order valence-corrected chi connectivity index (χ4v) is 2.88. The molecule has 0 aromatic carbocycles. The molecular weight excluding hydrogens is 308 g/mol. The van der Waals surface area contributed by atoms with Crippen molar-refractivity contribution in [2.24, 2.45) is 5.92 Å². The standard InChI is InChI=1S/C13H21BrN4O/c1-2-9-3-5-13(19,6-4-9)8-17-11-10(14)7-16-12(15)18-11/h7,9,19H,2-6,8H2,1H3,(H3,15,16,17,18). The molecule has 0 bridgehead atoms. The van der Waals surface area contributed by atoms with Crippen molar-refractivity contribution in [2.45, 2.75) is 44.6 Å². The number of hydrogen-bond acceptors (Lipinski definition) is 5. The average molecular weight is 329 g/mol. The van der Waals surface area contributed by atoms with Gasteiger partial charge in [-0.05, 0) is 47.5 Å². The van der Waals surface area contributed by atoms with E-state index in [0.29, 0.717) is 12.4 Å². The van der Waals surface area contributed by atoms with E-state index in [4.69, 9.17) is 5.73 Å². The maximum Gasteiger partial charge on any atom is 0.221 e. The molecule has 19 heavy (non-hydrogen) atoms. The van der Waals surface area contributed by atoms with Crippen molar-refractivity contribution in [3.63, 3.8) is 0 Å². The molecule has 106 valence electrons. The van der Waals surface area contributed by atoms with Crippen molar-refractivity contribution < 1.29 is 5.11 Å². The molecule has 0 spiro atoms. The Balaban J connectivity index is 1.93. The minimum Gasteiger partial charge on any atom is -0.388 e. The van der Waals surface area contributed by atoms with Crippen LogP contribution < -0.4 is 11.1 Å². The molecule has 0 saturated heterocycles. The number of nitrogen functional groups attached to an aromatic ring is 1. The SMILES string of the molecule is CCC1CCC(O)(CNc2nc(N)ncc2Br)CC1. The van der Waals surface area contributed by atoms with Crippen LogP contribution in [0.15, 0.2) is 10.7 Å². The van der Waals surface area contributed by atoms with E-state index in [1.807, 2.05) is 0 Å². The van der Waals surface area contributed by atoms with E-state index in [2.05, 4.69) is 38.1 Å². The Bertz CT molecular complexity index is 433. The molecule has 1 aromatic rings. The third-order valence-corrected chi connectivity index (χ3v) is 4.54. The van der Waals surface area contributed by atoms with Gasteiger partial charge in [0.05, 0.1) is 10.1 Å². The van der Waals surface area contributed by atoms with Crippen LogP contribution in [0.5, 0.6) is 0 Å². The van der Waals surface area contributed by atoms with E-state index in [0.717, 1.165) is 36.1 Å². The van der Waals surface area contributed by atoms with E-state index in [-0.39, 0.29) is 5.95 Å². The van der Waals surface area contributed by atoms with Crippen LogP contribution in [0.3, 0.4) is 0 Å². The van der Waals surface area contributed by atoms with Gasteiger partial charge in [0.2, 0.25) is 5.95 Å². The predicted molar refractivity (Wildman–Crippen MR) is 79.8 cm³/mol. The van der Waals surface area contributed by atoms with Gasteiger partial charge >= 0.3 is 0 Å². The lowest BCUT2D eigenvalue weighted by atomic mass is 9.78. The maximum absolute atomic E-state index is 10.6. The lowest BCUT2D eigenvalue weighted by molar-refractivity contribution is 0.00222. The summed E-state index contributed by atoms with van der Waals surface area (Å²) in [5.41, 5.74) is 4.93. The molecule has 0 unspecified atom stereocenters. The summed E-state index contributed by atoms with van der Waals surface area (Å²) >= 11 is 3.37. The van der Waals surface area contributed by atoms with Gasteiger partial charge in [-0.1, -0.05) is 13.3 Å². The fourth-order valence-electron chi connectivity index (χ4n) is 2.55. The Hall–Kier alpha value is -0.880. The zero-order chi connectivity index (χ0) is 13.9. The Morgan fingerprint density at radius 2 is 2.21 bits per heavy atom. The molecule has 1 aliphatic carbocycles. The smallest absolute Gasteiger partial charge is 0.221 e. The summed E-state index contributed by atoms with van der Waals surface area (Å²) < 4.78 is 0.757. The number of nitrogens with zero attached hydrogens (tertiary/aromatic N) is 2. The highest BCUT2D eigenvalue weighted by atomic mass is 79.9. The van der Waals surface area contributed by atoms with Crippen molar-refractivity contribution in [1.29, 1.82) is 0 Å². The summed E-state index contributed by atoms with van der Waals surface area (Å²) in [5.74, 6) is 1.63. The minimum absolute atomic E-state index is 0.229. The van der Waals surface area contributed by atoms with Gasteiger partial charge in [0, 0.05) is 12.7 Å². The number of aliphatic hydroxyl groups is 1. The van der Waals surface area contributed by atoms with Crippen LogP contribution in [0.4, 0.5) is 11.8 Å². The van der Waals surface area contributed by atoms with Gasteiger partial charge in [-0.15, -0.1) is 0 Å². The molecule has 6 heteroatoms. The van der Waals surface area contributed by atoms with Gasteiger partial charge in [-0.25, -0.2) is 4.98 Å². The van der Waals surface area contributed by atoms with Gasteiger partial charge in [0.25, 0.3) is 0 Å². The first-order chi connectivity index (χ1) is 9.02. The summed E-state index contributed by atoms with van der Waals surface area (Å²) in [7, 11) is 0. The Labute approximate surface area is 122 Å². The number of halogens is 1. The third-order valence-electron chi connectivity index (χ3n) is 3.96. The second-order valence-corrected chi connectivity index (χ2v) is 6.21. The Morgan fingerprint density at radius 1 is 1.53 bits per heavy atom. The van der Waals surface area contributed by atoms with Crippen molar-refractivity contribution in [2.75, 3.05) is 17.6 Å². The first-order valence-electron chi connectivity index (χ1n) is 6.77. The summed E-state index contributed by atoms with van der Waals surface area (Å²) in [6.45, 7) is 2.71. The zero-order valence-electron chi connectivity index (χ0n) is 11.2. The topological polar surface area (TPSA) is 84.1 Å². The Morgan fingerprint density at radius 3 is 2.84 bits per heavy atom. The Kier molecular flexibility index (Phi) is 4.62. The highest BCUT2D eigenvalue weighted by Crippen LogP contribution is 2.34. The van der Waals surface area contributed by atoms with Crippen molar-refractivity contribution >= 4 is 27.7 Å². The van der Waals surface area contributed by atoms with E-state index >= 15 is 0 Å². The highest BCUT2D eigenvalue weighted by Gasteiger charge is 2.32. The van der Waals surface area contributed by atoms with Crippen LogP contribution >= 0.6 is 15.9 Å². The quantitative estimate of drug-likeness (QED) is 0.791. The zero-order valence-corrected chi connectivity index (χ0v) is 12.8. The van der Waals surface area contributed by atoms with Gasteiger partial charge in [0.1, 0.15) is 5.82 Å². The highest BCUT2D eigenvalue weighted by molar-refractivity contribution is 9.10. The summed E-state index contributed by atoms with van der Waals surface area (Å²) in [6.07, 6.45) is 6.71. The predicted octanol–water partition coefficient (Wildman–Crippen LogP) is 2.56. The fraction of sp³-hybridized carbons (Fsp3) is 0.692. The normalized spacial score (nSPS) is 27.2. The lowest BCUT2D eigenvalue weighted by Crippen LogP contribution is -2.40. The maximum atomic E-state index is 10.6. The number of aromatic nitrogens is 2. The summed E-state index contributed by atoms with van der Waals surface area (Å²) in [6, 6.07) is 0. The van der Waals surface area contributed by atoms with Gasteiger partial charge < -0.3 is 16.2 Å². The molecule has 0 amide bonds. The van der Waals surface area contributed by atoms with Crippen LogP contribution in [-0.4, -0.2) is 27.2 Å². The third kappa shape index (κ3) is 3.79. The molecule has 1 aliphatic rings. The minimum atomic E-state index is -0.634. The van der Waals surface area contributed by atoms with Crippen LogP contribution in [0, 0.1) is 5.92 Å². The number of nitrogens with two attached hydrogens (primary N) is 1. The number of rotatable bonds is 4. The molecule has 4 N–H and O–H groups in total. The van der Waals surface area contributed by atoms with Crippen LogP contribution in [0.1, 0.15) is 39.0 Å². The summed E-state index contributed by atoms with van der Waals surface area (Å²) in [4.78, 5) is 8.01. The van der Waals surface area contributed by atoms with Crippen molar-refractivity contribution in [3.8, 4) is 0 Å². The number of anilines is 2. The molecule has 1 aromatic heterocycles. The average Bonchev–Trinajstić information content (AvgIpc) is 2.41. The second-order valence-electron chi connectivity index (χ2n) is 5.35. The molecule has 5 nitrogen and oxygen atoms in total. The molecule has 0 aliphatic heterocycles. The van der Waals surface area contributed by atoms with E-state index < -0.39 is 5.60 Å². The number of hydrogen-bond donors (Lipinski definition) is 3. The first kappa shape index (κ1) is 14.5. The van der Waals surface area contributed by atoms with Gasteiger partial charge in [0.15, 0.2) is 0 Å². The van der Waals surface area contributed by atoms with E-state index in [1.54, 1.807) is 6.20 Å². The van der Waals surface area contributed by atoms with Crippen LogP contribution in [0.2, 0.25) is 0 Å². The summed E-state index contributed by atoms with van der Waals surface area (Å²) in [5, 5.41) is 13.7. The van der Waals surface area contributed by atoms with Gasteiger partial charge in [-0.3, -0.25) is 0 Å². The molecule has 1 saturated carbocycles. The van der Waals surface area contributed by atoms with Crippen molar-refractivity contribution in [3.05, 3.63) is 10.7 Å². The molecule has 0 radical (unpaired) electrons. The van der Waals surface area contributed by atoms with E-state index in [9.17, 15) is 5.11 Å². The van der Waals surface area contributed by atoms with Crippen molar-refractivity contribution in [1.82, 2.24) is 9.97 Å². The van der Waals surface area contributed by atoms with Crippen LogP contribution in [0.25, 0.3) is 0 Å². The number of nitrogens with one attached hydrogen (secondary N) is 1. The van der Waals surface area contributed by atoms with Gasteiger partial charge in [-0.2, -0.15) is 4.98 Å². The molecule has 1 fully saturated rings. The van der Waals surface area contributed by atoms with Crippen LogP contribution in [-0.2, 0) is 0 Å². The molecule has 2 rings (SSSR count). The first-order valence-corrected chi connectivity index (χ1v) is 7.56. The molecule has 1 heterocycles. The lowest BCUT2D eigenvalue weighted by Gasteiger charge is -2.36. The molecular formula is C13H21BrN4O.